The zero-order chi connectivity index (χ0) is 15.5. The molecule has 0 amide bonds. The fourth-order valence-electron chi connectivity index (χ4n) is 3.63. The van der Waals surface area contributed by atoms with Crippen LogP contribution in [-0.4, -0.2) is 21.2 Å². The maximum Gasteiger partial charge on any atom is 0.0638 e. The van der Waals surface area contributed by atoms with Crippen LogP contribution < -0.4 is 0 Å². The summed E-state index contributed by atoms with van der Waals surface area (Å²) < 4.78 is 1.93. The normalized spacial score (nSPS) is 20.0. The number of likely N-dealkylation sites (tertiary alicyclic amines) is 1. The highest BCUT2D eigenvalue weighted by Crippen LogP contribution is 2.32. The summed E-state index contributed by atoms with van der Waals surface area (Å²) in [5.41, 5.74) is 5.36. The monoisotopic (exact) mass is 297 g/mol. The summed E-state index contributed by atoms with van der Waals surface area (Å²) in [4.78, 5) is 2.66. The molecule has 1 atom stereocenters. The number of nitrogens with zero attached hydrogens (tertiary/aromatic N) is 3. The summed E-state index contributed by atoms with van der Waals surface area (Å²) in [6, 6.07) is 9.59. The van der Waals surface area contributed by atoms with Crippen molar-refractivity contribution >= 4 is 0 Å². The predicted molar refractivity (Wildman–Crippen MR) is 90.7 cm³/mol. The lowest BCUT2D eigenvalue weighted by atomic mass is 9.99. The first kappa shape index (κ1) is 15.3. The fraction of sp³-hybridized carbons (Fsp3) is 0.526. The van der Waals surface area contributed by atoms with Crippen LogP contribution in [0.2, 0.25) is 0 Å². The van der Waals surface area contributed by atoms with Gasteiger partial charge in [-0.2, -0.15) is 5.10 Å². The van der Waals surface area contributed by atoms with E-state index < -0.39 is 0 Å². The van der Waals surface area contributed by atoms with E-state index in [1.54, 1.807) is 0 Å². The topological polar surface area (TPSA) is 21.1 Å². The quantitative estimate of drug-likeness (QED) is 0.848. The van der Waals surface area contributed by atoms with Gasteiger partial charge < -0.3 is 0 Å². The van der Waals surface area contributed by atoms with Crippen molar-refractivity contribution in [1.82, 2.24) is 14.7 Å². The Balaban J connectivity index is 1.86. The van der Waals surface area contributed by atoms with Crippen LogP contribution in [-0.2, 0) is 13.6 Å². The molecule has 1 aliphatic heterocycles. The van der Waals surface area contributed by atoms with E-state index in [0.717, 1.165) is 12.2 Å². The van der Waals surface area contributed by atoms with Gasteiger partial charge in [0.05, 0.1) is 5.69 Å². The van der Waals surface area contributed by atoms with Crippen LogP contribution in [0, 0.1) is 13.8 Å². The lowest BCUT2D eigenvalue weighted by Crippen LogP contribution is -2.28. The van der Waals surface area contributed by atoms with Gasteiger partial charge in [0.15, 0.2) is 0 Å². The fourth-order valence-corrected chi connectivity index (χ4v) is 3.63. The molecule has 0 radical (unpaired) electrons. The Kier molecular flexibility index (Phi) is 4.63. The zero-order valence-corrected chi connectivity index (χ0v) is 14.0. The van der Waals surface area contributed by atoms with Crippen molar-refractivity contribution in [2.24, 2.45) is 7.05 Å². The summed E-state index contributed by atoms with van der Waals surface area (Å²) >= 11 is 0. The molecule has 0 saturated carbocycles. The number of hydrogen-bond donors (Lipinski definition) is 0. The first-order chi connectivity index (χ1) is 10.6. The number of hydrogen-bond acceptors (Lipinski definition) is 2. The number of benzene rings is 1. The number of aromatic nitrogens is 2. The first-order valence-corrected chi connectivity index (χ1v) is 8.43. The van der Waals surface area contributed by atoms with Gasteiger partial charge in [-0.1, -0.05) is 42.7 Å². The molecule has 0 aliphatic carbocycles. The van der Waals surface area contributed by atoms with Crippen molar-refractivity contribution in [2.75, 3.05) is 6.54 Å². The van der Waals surface area contributed by atoms with E-state index in [1.807, 2.05) is 11.7 Å². The van der Waals surface area contributed by atoms with Crippen LogP contribution in [0.5, 0.6) is 0 Å². The van der Waals surface area contributed by atoms with Crippen LogP contribution in [0.15, 0.2) is 30.5 Å². The van der Waals surface area contributed by atoms with Crippen molar-refractivity contribution in [2.45, 2.75) is 52.1 Å². The summed E-state index contributed by atoms with van der Waals surface area (Å²) in [6.45, 7) is 6.51. The van der Waals surface area contributed by atoms with Gasteiger partial charge in [0.25, 0.3) is 0 Å². The molecule has 1 aromatic heterocycles. The maximum atomic E-state index is 4.50. The third-order valence-electron chi connectivity index (χ3n) is 4.78. The highest BCUT2D eigenvalue weighted by molar-refractivity contribution is 5.26. The SMILES string of the molecule is Cc1cccc([C@@H]2CCCCCN2Cc2cn(C)nc2C)c1. The second-order valence-electron chi connectivity index (χ2n) is 6.66. The van der Waals surface area contributed by atoms with Crippen LogP contribution in [0.4, 0.5) is 0 Å². The van der Waals surface area contributed by atoms with Crippen molar-refractivity contribution in [3.05, 3.63) is 52.8 Å². The van der Waals surface area contributed by atoms with Crippen LogP contribution >= 0.6 is 0 Å². The average molecular weight is 297 g/mol. The van der Waals surface area contributed by atoms with Gasteiger partial charge in [0.1, 0.15) is 0 Å². The Hall–Kier alpha value is -1.61. The molecule has 22 heavy (non-hydrogen) atoms. The molecule has 3 rings (SSSR count). The Morgan fingerprint density at radius 2 is 2.05 bits per heavy atom. The van der Waals surface area contributed by atoms with Gasteiger partial charge in [-0.15, -0.1) is 0 Å². The van der Waals surface area contributed by atoms with E-state index in [-0.39, 0.29) is 0 Å². The van der Waals surface area contributed by atoms with Crippen molar-refractivity contribution in [3.63, 3.8) is 0 Å². The standard InChI is InChI=1S/C19H27N3/c1-15-8-7-9-17(12-15)19-10-5-4-6-11-22(19)14-18-13-21(3)20-16(18)2/h7-9,12-13,19H,4-6,10-11,14H2,1-3H3/t19-/m0/s1. The summed E-state index contributed by atoms with van der Waals surface area (Å²) in [7, 11) is 2.01. The number of rotatable bonds is 3. The molecule has 3 heteroatoms. The highest BCUT2D eigenvalue weighted by Gasteiger charge is 2.23. The molecule has 0 unspecified atom stereocenters. The molecule has 0 N–H and O–H groups in total. The first-order valence-electron chi connectivity index (χ1n) is 8.43. The largest absolute Gasteiger partial charge is 0.292 e. The van der Waals surface area contributed by atoms with Gasteiger partial charge in [-0.25, -0.2) is 0 Å². The van der Waals surface area contributed by atoms with E-state index in [9.17, 15) is 0 Å². The lowest BCUT2D eigenvalue weighted by Gasteiger charge is -2.30. The summed E-state index contributed by atoms with van der Waals surface area (Å²) in [6.07, 6.45) is 7.43. The van der Waals surface area contributed by atoms with Crippen molar-refractivity contribution in [1.29, 1.82) is 0 Å². The molecular weight excluding hydrogens is 270 g/mol. The predicted octanol–water partition coefficient (Wildman–Crippen LogP) is 4.15. The van der Waals surface area contributed by atoms with E-state index in [4.69, 9.17) is 0 Å². The van der Waals surface area contributed by atoms with E-state index in [1.165, 1.54) is 48.9 Å². The van der Waals surface area contributed by atoms with E-state index in [0.29, 0.717) is 6.04 Å². The van der Waals surface area contributed by atoms with E-state index in [2.05, 4.69) is 54.3 Å². The summed E-state index contributed by atoms with van der Waals surface area (Å²) in [5, 5.41) is 4.50. The van der Waals surface area contributed by atoms with Crippen molar-refractivity contribution in [3.8, 4) is 0 Å². The van der Waals surface area contributed by atoms with Gasteiger partial charge >= 0.3 is 0 Å². The minimum atomic E-state index is 0.544. The molecule has 1 aliphatic rings. The van der Waals surface area contributed by atoms with Gasteiger partial charge in [0.2, 0.25) is 0 Å². The van der Waals surface area contributed by atoms with Gasteiger partial charge in [-0.3, -0.25) is 9.58 Å². The van der Waals surface area contributed by atoms with Gasteiger partial charge in [0, 0.05) is 31.4 Å². The van der Waals surface area contributed by atoms with Crippen LogP contribution in [0.3, 0.4) is 0 Å². The molecule has 2 heterocycles. The molecule has 2 aromatic rings. The van der Waals surface area contributed by atoms with Gasteiger partial charge in [-0.05, 0) is 38.8 Å². The van der Waals surface area contributed by atoms with E-state index >= 15 is 0 Å². The van der Waals surface area contributed by atoms with Crippen molar-refractivity contribution < 1.29 is 0 Å². The highest BCUT2D eigenvalue weighted by atomic mass is 15.3. The average Bonchev–Trinajstić information content (AvgIpc) is 2.68. The third kappa shape index (κ3) is 3.41. The van der Waals surface area contributed by atoms with Crippen LogP contribution in [0.25, 0.3) is 0 Å². The Morgan fingerprint density at radius 1 is 1.18 bits per heavy atom. The number of aryl methyl sites for hydroxylation is 3. The smallest absolute Gasteiger partial charge is 0.0638 e. The second-order valence-corrected chi connectivity index (χ2v) is 6.66. The summed E-state index contributed by atoms with van der Waals surface area (Å²) in [5.74, 6) is 0. The zero-order valence-electron chi connectivity index (χ0n) is 14.0. The Labute approximate surface area is 133 Å². The second kappa shape index (κ2) is 6.66. The third-order valence-corrected chi connectivity index (χ3v) is 4.78. The minimum Gasteiger partial charge on any atom is -0.292 e. The molecule has 1 saturated heterocycles. The Morgan fingerprint density at radius 3 is 2.77 bits per heavy atom. The minimum absolute atomic E-state index is 0.544. The van der Waals surface area contributed by atoms with Crippen LogP contribution in [0.1, 0.15) is 54.1 Å². The molecule has 118 valence electrons. The molecule has 3 nitrogen and oxygen atoms in total. The lowest BCUT2D eigenvalue weighted by molar-refractivity contribution is 0.192. The molecule has 1 fully saturated rings. The maximum absolute atomic E-state index is 4.50. The molecule has 1 aromatic carbocycles. The molecule has 0 spiro atoms. The molecular formula is C19H27N3. The molecule has 0 bridgehead atoms. The Bertz CT molecular complexity index is 629.